The fourth-order valence-corrected chi connectivity index (χ4v) is 4.11. The molecule has 1 fully saturated rings. The predicted octanol–water partition coefficient (Wildman–Crippen LogP) is 5.51. The summed E-state index contributed by atoms with van der Waals surface area (Å²) in [5.74, 6) is 0.828. The minimum absolute atomic E-state index is 0.0658. The lowest BCUT2D eigenvalue weighted by molar-refractivity contribution is 0.102. The molecule has 4 heteroatoms. The predicted molar refractivity (Wildman–Crippen MR) is 109 cm³/mol. The Bertz CT molecular complexity index is 743. The van der Waals surface area contributed by atoms with Crippen LogP contribution in [0.25, 0.3) is 0 Å². The van der Waals surface area contributed by atoms with Crippen LogP contribution in [0.1, 0.15) is 49.5 Å². The highest BCUT2D eigenvalue weighted by atomic mass is 32.2. The van der Waals surface area contributed by atoms with E-state index in [1.165, 1.54) is 5.56 Å². The van der Waals surface area contributed by atoms with E-state index in [9.17, 15) is 4.79 Å². The van der Waals surface area contributed by atoms with Gasteiger partial charge in [-0.2, -0.15) is 0 Å². The Morgan fingerprint density at radius 3 is 2.54 bits per heavy atom. The Morgan fingerprint density at radius 1 is 1.15 bits per heavy atom. The second kappa shape index (κ2) is 8.28. The molecule has 0 unspecified atom stereocenters. The van der Waals surface area contributed by atoms with Gasteiger partial charge >= 0.3 is 0 Å². The van der Waals surface area contributed by atoms with Crippen molar-refractivity contribution in [3.8, 4) is 0 Å². The van der Waals surface area contributed by atoms with Crippen LogP contribution in [0.2, 0.25) is 0 Å². The van der Waals surface area contributed by atoms with E-state index in [4.69, 9.17) is 4.74 Å². The summed E-state index contributed by atoms with van der Waals surface area (Å²) in [6.45, 7) is 7.41. The molecule has 2 aromatic carbocycles. The number of carbonyl (C=O) groups excluding carboxylic acids is 1. The molecule has 1 amide bonds. The number of nitrogens with one attached hydrogen (secondary N) is 1. The quantitative estimate of drug-likeness (QED) is 0.707. The Hall–Kier alpha value is -1.78. The summed E-state index contributed by atoms with van der Waals surface area (Å²) in [6, 6.07) is 15.9. The van der Waals surface area contributed by atoms with Crippen molar-refractivity contribution in [3.05, 3.63) is 59.7 Å². The molecule has 2 aromatic rings. The topological polar surface area (TPSA) is 38.3 Å². The molecular formula is C22H27NO2S. The van der Waals surface area contributed by atoms with Gasteiger partial charge in [0.2, 0.25) is 0 Å². The van der Waals surface area contributed by atoms with E-state index in [-0.39, 0.29) is 11.3 Å². The number of carbonyl (C=O) groups is 1. The summed E-state index contributed by atoms with van der Waals surface area (Å²) in [6.07, 6.45) is 2.56. The maximum Gasteiger partial charge on any atom is 0.256 e. The Labute approximate surface area is 160 Å². The third-order valence-corrected chi connectivity index (χ3v) is 5.79. The minimum atomic E-state index is -0.0658. The summed E-state index contributed by atoms with van der Waals surface area (Å²) < 4.78 is 5.69. The minimum Gasteiger partial charge on any atom is -0.377 e. The van der Waals surface area contributed by atoms with Crippen molar-refractivity contribution in [3.63, 3.8) is 0 Å². The molecule has 1 heterocycles. The molecule has 0 aromatic heterocycles. The first-order valence-corrected chi connectivity index (χ1v) is 10.2. The van der Waals surface area contributed by atoms with E-state index in [1.807, 2.05) is 36.4 Å². The number of thioether (sulfide) groups is 1. The summed E-state index contributed by atoms with van der Waals surface area (Å²) in [7, 11) is 0. The monoisotopic (exact) mass is 369 g/mol. The third-order valence-electron chi connectivity index (χ3n) is 4.59. The van der Waals surface area contributed by atoms with Crippen LogP contribution < -0.4 is 5.32 Å². The number of benzene rings is 2. The maximum absolute atomic E-state index is 12.8. The van der Waals surface area contributed by atoms with Crippen LogP contribution in [0.3, 0.4) is 0 Å². The SMILES string of the molecule is CC(C)(C)c1ccc(NC(=O)c2ccccc2SC[C@H]2CCCO2)cc1. The van der Waals surface area contributed by atoms with Crippen molar-refractivity contribution < 1.29 is 9.53 Å². The van der Waals surface area contributed by atoms with Crippen molar-refractivity contribution >= 4 is 23.4 Å². The number of ether oxygens (including phenoxy) is 1. The lowest BCUT2D eigenvalue weighted by Crippen LogP contribution is -2.15. The molecule has 0 aliphatic carbocycles. The molecule has 1 N–H and O–H groups in total. The van der Waals surface area contributed by atoms with Gasteiger partial charge in [0.25, 0.3) is 5.91 Å². The molecule has 0 saturated carbocycles. The third kappa shape index (κ3) is 4.89. The number of hydrogen-bond acceptors (Lipinski definition) is 3. The average molecular weight is 370 g/mol. The number of anilines is 1. The summed E-state index contributed by atoms with van der Waals surface area (Å²) in [5.41, 5.74) is 2.90. The molecule has 0 bridgehead atoms. The van der Waals surface area contributed by atoms with Crippen molar-refractivity contribution in [2.75, 3.05) is 17.7 Å². The molecule has 1 aliphatic heterocycles. The zero-order valence-electron chi connectivity index (χ0n) is 15.7. The Morgan fingerprint density at radius 2 is 1.88 bits per heavy atom. The molecule has 1 atom stereocenters. The van der Waals surface area contributed by atoms with Crippen LogP contribution in [-0.4, -0.2) is 24.4 Å². The van der Waals surface area contributed by atoms with Gasteiger partial charge in [-0.15, -0.1) is 11.8 Å². The van der Waals surface area contributed by atoms with Crippen LogP contribution in [0.15, 0.2) is 53.4 Å². The standard InChI is InChI=1S/C22H27NO2S/c1-22(2,3)16-10-12-17(13-11-16)23-21(24)19-8-4-5-9-20(19)26-15-18-7-6-14-25-18/h4-5,8-13,18H,6-7,14-15H2,1-3H3,(H,23,24)/t18-/m1/s1. The second-order valence-corrected chi connectivity index (χ2v) is 8.79. The molecule has 3 nitrogen and oxygen atoms in total. The van der Waals surface area contributed by atoms with Gasteiger partial charge in [0.1, 0.15) is 0 Å². The first kappa shape index (κ1) is 19.0. The molecule has 0 spiro atoms. The van der Waals surface area contributed by atoms with Crippen molar-refractivity contribution in [1.29, 1.82) is 0 Å². The van der Waals surface area contributed by atoms with E-state index in [0.717, 1.165) is 41.3 Å². The van der Waals surface area contributed by atoms with Crippen molar-refractivity contribution in [2.45, 2.75) is 50.0 Å². The van der Waals surface area contributed by atoms with E-state index < -0.39 is 0 Å². The molecule has 0 radical (unpaired) electrons. The molecular weight excluding hydrogens is 342 g/mol. The fourth-order valence-electron chi connectivity index (χ4n) is 2.99. The molecule has 1 aliphatic rings. The first-order chi connectivity index (χ1) is 12.4. The lowest BCUT2D eigenvalue weighted by atomic mass is 9.87. The number of amides is 1. The van der Waals surface area contributed by atoms with Gasteiger partial charge in [0.15, 0.2) is 0 Å². The number of rotatable bonds is 5. The van der Waals surface area contributed by atoms with Crippen LogP contribution >= 0.6 is 11.8 Å². The van der Waals surface area contributed by atoms with Crippen LogP contribution in [-0.2, 0) is 10.2 Å². The molecule has 26 heavy (non-hydrogen) atoms. The molecule has 3 rings (SSSR count). The number of hydrogen-bond donors (Lipinski definition) is 1. The zero-order valence-corrected chi connectivity index (χ0v) is 16.6. The summed E-state index contributed by atoms with van der Waals surface area (Å²) in [4.78, 5) is 13.8. The van der Waals surface area contributed by atoms with Crippen LogP contribution in [0.5, 0.6) is 0 Å². The van der Waals surface area contributed by atoms with Gasteiger partial charge in [-0.25, -0.2) is 0 Å². The van der Waals surface area contributed by atoms with Gasteiger partial charge in [-0.05, 0) is 48.1 Å². The van der Waals surface area contributed by atoms with Crippen molar-refractivity contribution in [1.82, 2.24) is 0 Å². The lowest BCUT2D eigenvalue weighted by Gasteiger charge is -2.19. The normalized spacial score (nSPS) is 17.3. The van der Waals surface area contributed by atoms with Gasteiger partial charge in [0, 0.05) is 22.9 Å². The fraction of sp³-hybridized carbons (Fsp3) is 0.409. The van der Waals surface area contributed by atoms with E-state index in [2.05, 4.69) is 38.2 Å². The zero-order chi connectivity index (χ0) is 18.6. The van der Waals surface area contributed by atoms with E-state index in [0.29, 0.717) is 6.10 Å². The van der Waals surface area contributed by atoms with E-state index in [1.54, 1.807) is 11.8 Å². The smallest absolute Gasteiger partial charge is 0.256 e. The van der Waals surface area contributed by atoms with Gasteiger partial charge in [0.05, 0.1) is 11.7 Å². The van der Waals surface area contributed by atoms with Crippen LogP contribution in [0, 0.1) is 0 Å². The summed E-state index contributed by atoms with van der Waals surface area (Å²) >= 11 is 1.70. The molecule has 1 saturated heterocycles. The van der Waals surface area contributed by atoms with Gasteiger partial charge < -0.3 is 10.1 Å². The highest BCUT2D eigenvalue weighted by Gasteiger charge is 2.18. The maximum atomic E-state index is 12.8. The van der Waals surface area contributed by atoms with Gasteiger partial charge in [-0.3, -0.25) is 4.79 Å². The highest BCUT2D eigenvalue weighted by Crippen LogP contribution is 2.28. The van der Waals surface area contributed by atoms with Gasteiger partial charge in [-0.1, -0.05) is 45.0 Å². The Kier molecular flexibility index (Phi) is 6.05. The highest BCUT2D eigenvalue weighted by molar-refractivity contribution is 7.99. The van der Waals surface area contributed by atoms with Crippen molar-refractivity contribution in [2.24, 2.45) is 0 Å². The average Bonchev–Trinajstić information content (AvgIpc) is 3.13. The van der Waals surface area contributed by atoms with Crippen LogP contribution in [0.4, 0.5) is 5.69 Å². The second-order valence-electron chi connectivity index (χ2n) is 7.72. The largest absolute Gasteiger partial charge is 0.377 e. The molecule has 138 valence electrons. The Balaban J connectivity index is 1.67. The summed E-state index contributed by atoms with van der Waals surface area (Å²) in [5, 5.41) is 3.02. The van der Waals surface area contributed by atoms with E-state index >= 15 is 0 Å². The first-order valence-electron chi connectivity index (χ1n) is 9.19.